The molecule has 1 aromatic rings. The van der Waals surface area contributed by atoms with E-state index in [0.717, 1.165) is 5.75 Å². The zero-order valence-corrected chi connectivity index (χ0v) is 15.8. The third-order valence-electron chi connectivity index (χ3n) is 2.95. The van der Waals surface area contributed by atoms with E-state index in [1.807, 2.05) is 58.0 Å². The van der Waals surface area contributed by atoms with Crippen LogP contribution in [0.15, 0.2) is 35.3 Å². The van der Waals surface area contributed by atoms with Crippen molar-refractivity contribution in [2.75, 3.05) is 26.7 Å². The second-order valence-corrected chi connectivity index (χ2v) is 6.55. The number of carbonyl (C=O) groups excluding carboxylic acids is 1. The van der Waals surface area contributed by atoms with Crippen molar-refractivity contribution >= 4 is 12.1 Å². The van der Waals surface area contributed by atoms with E-state index >= 15 is 0 Å². The van der Waals surface area contributed by atoms with Crippen LogP contribution in [0.3, 0.4) is 0 Å². The van der Waals surface area contributed by atoms with Crippen LogP contribution in [0.4, 0.5) is 4.79 Å². The number of hydrogen-bond acceptors (Lipinski definition) is 4. The lowest BCUT2D eigenvalue weighted by Crippen LogP contribution is -2.44. The van der Waals surface area contributed by atoms with Gasteiger partial charge in [0.05, 0.1) is 6.54 Å². The smallest absolute Gasteiger partial charge is 0.407 e. The van der Waals surface area contributed by atoms with Crippen molar-refractivity contribution in [2.24, 2.45) is 4.99 Å². The maximum Gasteiger partial charge on any atom is 0.407 e. The number of aliphatic imine (C=N–C) groups is 1. The molecule has 0 saturated heterocycles. The fourth-order valence-corrected chi connectivity index (χ4v) is 1.89. The Hall–Kier alpha value is -2.44. The van der Waals surface area contributed by atoms with E-state index < -0.39 is 11.7 Å². The van der Waals surface area contributed by atoms with Gasteiger partial charge in [0.2, 0.25) is 0 Å². The number of hydrogen-bond donors (Lipinski definition) is 3. The Labute approximate surface area is 150 Å². The van der Waals surface area contributed by atoms with Gasteiger partial charge in [0.1, 0.15) is 17.5 Å². The summed E-state index contributed by atoms with van der Waals surface area (Å²) in [4.78, 5) is 15.7. The summed E-state index contributed by atoms with van der Waals surface area (Å²) in [6.45, 7) is 9.05. The molecule has 0 fully saturated rings. The number of carbonyl (C=O) groups is 1. The van der Waals surface area contributed by atoms with Crippen LogP contribution in [0.25, 0.3) is 0 Å². The molecule has 0 saturated carbocycles. The molecule has 0 aliphatic rings. The first-order valence-electron chi connectivity index (χ1n) is 8.43. The van der Waals surface area contributed by atoms with Gasteiger partial charge in [0.15, 0.2) is 5.96 Å². The predicted molar refractivity (Wildman–Crippen MR) is 100 cm³/mol. The van der Waals surface area contributed by atoms with E-state index in [1.54, 1.807) is 7.05 Å². The molecular weight excluding hydrogens is 320 g/mol. The summed E-state index contributed by atoms with van der Waals surface area (Å²) in [6, 6.07) is 9.67. The number of nitrogens with one attached hydrogen (secondary N) is 3. The molecule has 0 heterocycles. The van der Waals surface area contributed by atoms with Gasteiger partial charge in [0, 0.05) is 20.1 Å². The predicted octanol–water partition coefficient (Wildman–Crippen LogP) is 2.14. The summed E-state index contributed by atoms with van der Waals surface area (Å²) in [5.41, 5.74) is -0.496. The highest BCUT2D eigenvalue weighted by Gasteiger charge is 2.15. The first-order chi connectivity index (χ1) is 11.8. The number of amides is 1. The number of alkyl carbamates (subject to hydrolysis) is 1. The van der Waals surface area contributed by atoms with Crippen molar-refractivity contribution in [2.45, 2.75) is 39.4 Å². The molecule has 0 bridgehead atoms. The van der Waals surface area contributed by atoms with Gasteiger partial charge in [-0.05, 0) is 39.8 Å². The Morgan fingerprint density at radius 1 is 1.12 bits per heavy atom. The van der Waals surface area contributed by atoms with Gasteiger partial charge in [-0.3, -0.25) is 4.99 Å². The highest BCUT2D eigenvalue weighted by atomic mass is 16.6. The molecule has 1 atom stereocenters. The maximum atomic E-state index is 11.5. The summed E-state index contributed by atoms with van der Waals surface area (Å²) in [7, 11) is 1.69. The molecular formula is C18H30N4O3. The normalized spacial score (nSPS) is 12.9. The average molecular weight is 350 g/mol. The number of rotatable bonds is 7. The van der Waals surface area contributed by atoms with Crippen LogP contribution >= 0.6 is 0 Å². The Morgan fingerprint density at radius 2 is 1.76 bits per heavy atom. The van der Waals surface area contributed by atoms with Gasteiger partial charge in [-0.25, -0.2) is 4.79 Å². The molecule has 25 heavy (non-hydrogen) atoms. The van der Waals surface area contributed by atoms with E-state index in [1.165, 1.54) is 0 Å². The van der Waals surface area contributed by atoms with Crippen molar-refractivity contribution < 1.29 is 14.3 Å². The third-order valence-corrected chi connectivity index (χ3v) is 2.95. The lowest BCUT2D eigenvalue weighted by Gasteiger charge is -2.20. The van der Waals surface area contributed by atoms with Gasteiger partial charge < -0.3 is 25.4 Å². The third kappa shape index (κ3) is 10.1. The van der Waals surface area contributed by atoms with E-state index in [0.29, 0.717) is 25.6 Å². The molecule has 0 aliphatic carbocycles. The Balaban J connectivity index is 2.21. The number of nitrogens with zero attached hydrogens (tertiary/aromatic N) is 1. The Bertz CT molecular complexity index is 541. The van der Waals surface area contributed by atoms with Crippen molar-refractivity contribution in [3.8, 4) is 5.75 Å². The second-order valence-electron chi connectivity index (χ2n) is 6.55. The minimum absolute atomic E-state index is 0.0131. The molecule has 1 rings (SSSR count). The topological polar surface area (TPSA) is 84.0 Å². The second kappa shape index (κ2) is 10.4. The van der Waals surface area contributed by atoms with Crippen molar-refractivity contribution in [3.05, 3.63) is 30.3 Å². The SMILES string of the molecule is CN=C(NCCNC(=O)OC(C)(C)C)NCC(C)Oc1ccccc1. The largest absolute Gasteiger partial charge is 0.489 e. The zero-order valence-electron chi connectivity index (χ0n) is 15.8. The maximum absolute atomic E-state index is 11.5. The average Bonchev–Trinajstić information content (AvgIpc) is 2.53. The first-order valence-corrected chi connectivity index (χ1v) is 8.43. The van der Waals surface area contributed by atoms with Crippen LogP contribution in [0, 0.1) is 0 Å². The first kappa shape index (κ1) is 20.6. The zero-order chi connectivity index (χ0) is 18.7. The molecule has 140 valence electrons. The standard InChI is InChI=1S/C18H30N4O3/c1-14(24-15-9-7-6-8-10-15)13-22-16(19-5)20-11-12-21-17(23)25-18(2,3)4/h6-10,14H,11-13H2,1-5H3,(H,21,23)(H2,19,20,22). The van der Waals surface area contributed by atoms with Crippen molar-refractivity contribution in [1.29, 1.82) is 0 Å². The monoisotopic (exact) mass is 350 g/mol. The summed E-state index contributed by atoms with van der Waals surface area (Å²) < 4.78 is 11.0. The van der Waals surface area contributed by atoms with Gasteiger partial charge >= 0.3 is 6.09 Å². The van der Waals surface area contributed by atoms with Crippen LogP contribution in [0.2, 0.25) is 0 Å². The summed E-state index contributed by atoms with van der Waals surface area (Å²) in [5.74, 6) is 1.48. The fourth-order valence-electron chi connectivity index (χ4n) is 1.89. The van der Waals surface area contributed by atoms with Gasteiger partial charge in [0.25, 0.3) is 0 Å². The molecule has 1 unspecified atom stereocenters. The lowest BCUT2D eigenvalue weighted by molar-refractivity contribution is 0.0529. The molecule has 3 N–H and O–H groups in total. The van der Waals surface area contributed by atoms with Crippen LogP contribution in [-0.2, 0) is 4.74 Å². The van der Waals surface area contributed by atoms with Gasteiger partial charge in [-0.1, -0.05) is 18.2 Å². The summed E-state index contributed by atoms with van der Waals surface area (Å²) in [5, 5.41) is 8.99. The molecule has 1 aromatic carbocycles. The number of ether oxygens (including phenoxy) is 2. The minimum Gasteiger partial charge on any atom is -0.489 e. The molecule has 7 heteroatoms. The van der Waals surface area contributed by atoms with Crippen LogP contribution in [-0.4, -0.2) is 50.4 Å². The number of para-hydroxylation sites is 1. The minimum atomic E-state index is -0.496. The van der Waals surface area contributed by atoms with E-state index in [-0.39, 0.29) is 6.10 Å². The fraction of sp³-hybridized carbons (Fsp3) is 0.556. The highest BCUT2D eigenvalue weighted by molar-refractivity contribution is 5.79. The Morgan fingerprint density at radius 3 is 2.36 bits per heavy atom. The summed E-state index contributed by atoms with van der Waals surface area (Å²) in [6.07, 6.45) is -0.442. The highest BCUT2D eigenvalue weighted by Crippen LogP contribution is 2.10. The van der Waals surface area contributed by atoms with Crippen molar-refractivity contribution in [3.63, 3.8) is 0 Å². The quantitative estimate of drug-likeness (QED) is 0.399. The molecule has 0 spiro atoms. The van der Waals surface area contributed by atoms with Crippen molar-refractivity contribution in [1.82, 2.24) is 16.0 Å². The van der Waals surface area contributed by atoms with Crippen LogP contribution in [0.1, 0.15) is 27.7 Å². The van der Waals surface area contributed by atoms with E-state index in [9.17, 15) is 4.79 Å². The Kier molecular flexibility index (Phi) is 8.60. The summed E-state index contributed by atoms with van der Waals surface area (Å²) >= 11 is 0. The number of guanidine groups is 1. The van der Waals surface area contributed by atoms with Gasteiger partial charge in [-0.2, -0.15) is 0 Å². The molecule has 0 radical (unpaired) electrons. The van der Waals surface area contributed by atoms with E-state index in [2.05, 4.69) is 20.9 Å². The molecule has 0 aromatic heterocycles. The van der Waals surface area contributed by atoms with Crippen LogP contribution < -0.4 is 20.7 Å². The van der Waals surface area contributed by atoms with Crippen LogP contribution in [0.5, 0.6) is 5.75 Å². The molecule has 0 aliphatic heterocycles. The van der Waals surface area contributed by atoms with Gasteiger partial charge in [-0.15, -0.1) is 0 Å². The molecule has 1 amide bonds. The lowest BCUT2D eigenvalue weighted by atomic mass is 10.2. The molecule has 7 nitrogen and oxygen atoms in total. The van der Waals surface area contributed by atoms with E-state index in [4.69, 9.17) is 9.47 Å². The number of benzene rings is 1.